The van der Waals surface area contributed by atoms with Gasteiger partial charge in [-0.15, -0.1) is 24.8 Å². The van der Waals surface area contributed by atoms with Crippen molar-refractivity contribution in [1.82, 2.24) is 10.2 Å². The first-order valence-corrected chi connectivity index (χ1v) is 8.53. The van der Waals surface area contributed by atoms with Gasteiger partial charge in [-0.2, -0.15) is 0 Å². The molecule has 0 unspecified atom stereocenters. The average Bonchev–Trinajstić information content (AvgIpc) is 2.53. The number of benzene rings is 1. The summed E-state index contributed by atoms with van der Waals surface area (Å²) in [5, 5.41) is 3.38. The minimum atomic E-state index is -0.0978. The Balaban J connectivity index is 0.00000132. The maximum absolute atomic E-state index is 14.5. The highest BCUT2D eigenvalue weighted by Crippen LogP contribution is 2.39. The number of nitrogens with one attached hydrogen (secondary N) is 1. The molecule has 1 N–H and O–H groups in total. The van der Waals surface area contributed by atoms with Crippen molar-refractivity contribution in [3.8, 4) is 0 Å². The first kappa shape index (κ1) is 21.1. The lowest BCUT2D eigenvalue weighted by molar-refractivity contribution is 0.0200. The normalized spacial score (nSPS) is 21.1. The summed E-state index contributed by atoms with van der Waals surface area (Å²) >= 11 is 3.57. The fourth-order valence-electron chi connectivity index (χ4n) is 3.50. The van der Waals surface area contributed by atoms with E-state index in [-0.39, 0.29) is 36.7 Å². The molecule has 1 atom stereocenters. The molecule has 2 fully saturated rings. The van der Waals surface area contributed by atoms with Crippen molar-refractivity contribution in [3.05, 3.63) is 34.1 Å². The van der Waals surface area contributed by atoms with Gasteiger partial charge in [0.05, 0.1) is 0 Å². The second-order valence-corrected chi connectivity index (χ2v) is 6.67. The van der Waals surface area contributed by atoms with Crippen molar-refractivity contribution in [1.29, 1.82) is 0 Å². The quantitative estimate of drug-likeness (QED) is 0.790. The summed E-state index contributed by atoms with van der Waals surface area (Å²) in [6, 6.07) is 5.44. The van der Waals surface area contributed by atoms with Crippen LogP contribution in [-0.4, -0.2) is 44.3 Å². The van der Waals surface area contributed by atoms with Crippen LogP contribution in [-0.2, 0) is 4.74 Å². The molecule has 23 heavy (non-hydrogen) atoms. The molecule has 2 aliphatic heterocycles. The Labute approximate surface area is 158 Å². The molecule has 0 saturated carbocycles. The third-order valence-electron chi connectivity index (χ3n) is 4.55. The van der Waals surface area contributed by atoms with Crippen LogP contribution in [0.4, 0.5) is 4.39 Å². The Morgan fingerprint density at radius 2 is 1.83 bits per heavy atom. The number of halogens is 4. The lowest BCUT2D eigenvalue weighted by Gasteiger charge is -2.41. The molecule has 2 heterocycles. The van der Waals surface area contributed by atoms with Crippen LogP contribution in [0.15, 0.2) is 22.7 Å². The first-order valence-electron chi connectivity index (χ1n) is 7.74. The van der Waals surface area contributed by atoms with E-state index < -0.39 is 0 Å². The molecule has 0 aliphatic carbocycles. The van der Waals surface area contributed by atoms with Crippen LogP contribution in [0, 0.1) is 11.7 Å². The molecule has 2 saturated heterocycles. The van der Waals surface area contributed by atoms with Crippen molar-refractivity contribution in [2.45, 2.75) is 18.9 Å². The van der Waals surface area contributed by atoms with Gasteiger partial charge in [0, 0.05) is 55.5 Å². The zero-order valence-electron chi connectivity index (χ0n) is 13.0. The summed E-state index contributed by atoms with van der Waals surface area (Å²) < 4.78 is 20.9. The zero-order chi connectivity index (χ0) is 14.7. The van der Waals surface area contributed by atoms with E-state index >= 15 is 0 Å². The fourth-order valence-corrected chi connectivity index (χ4v) is 4.08. The van der Waals surface area contributed by atoms with Crippen LogP contribution < -0.4 is 5.32 Å². The monoisotopic (exact) mass is 428 g/mol. The Kier molecular flexibility index (Phi) is 9.34. The van der Waals surface area contributed by atoms with Crippen molar-refractivity contribution in [2.75, 3.05) is 39.4 Å². The third kappa shape index (κ3) is 5.03. The predicted molar refractivity (Wildman–Crippen MR) is 99.3 cm³/mol. The smallest absolute Gasteiger partial charge is 0.129 e. The standard InChI is InChI=1S/C16H22BrFN2O.2ClH/c17-13-2-1-3-14(18)15(13)16(12-4-10-21-11-5-12)20-8-6-19-7-9-20;;/h1-3,12,16,19H,4-11H2;2*1H/t16-;;/m1../s1. The topological polar surface area (TPSA) is 24.5 Å². The molecule has 132 valence electrons. The first-order chi connectivity index (χ1) is 10.3. The molecule has 3 rings (SSSR count). The molecule has 7 heteroatoms. The summed E-state index contributed by atoms with van der Waals surface area (Å²) in [6.07, 6.45) is 2.02. The van der Waals surface area contributed by atoms with Gasteiger partial charge < -0.3 is 10.1 Å². The second kappa shape index (κ2) is 10.2. The van der Waals surface area contributed by atoms with Gasteiger partial charge in [0.2, 0.25) is 0 Å². The van der Waals surface area contributed by atoms with E-state index in [1.807, 2.05) is 6.07 Å². The van der Waals surface area contributed by atoms with Crippen molar-refractivity contribution < 1.29 is 9.13 Å². The van der Waals surface area contributed by atoms with Crippen LogP contribution in [0.3, 0.4) is 0 Å². The van der Waals surface area contributed by atoms with E-state index in [1.165, 1.54) is 0 Å². The Bertz CT molecular complexity index is 445. The SMILES string of the molecule is Cl.Cl.Fc1cccc(Br)c1[C@@H](C1CCOCC1)N1CCNCC1. The largest absolute Gasteiger partial charge is 0.381 e. The van der Waals surface area contributed by atoms with Crippen molar-refractivity contribution >= 4 is 40.7 Å². The van der Waals surface area contributed by atoms with Crippen molar-refractivity contribution in [3.63, 3.8) is 0 Å². The Hall–Kier alpha value is 0.0900. The van der Waals surface area contributed by atoms with E-state index in [9.17, 15) is 4.39 Å². The minimum absolute atomic E-state index is 0. The van der Waals surface area contributed by atoms with Crippen LogP contribution in [0.5, 0.6) is 0 Å². The third-order valence-corrected chi connectivity index (χ3v) is 5.24. The maximum Gasteiger partial charge on any atom is 0.129 e. The summed E-state index contributed by atoms with van der Waals surface area (Å²) in [5.41, 5.74) is 0.825. The van der Waals surface area contributed by atoms with Gasteiger partial charge in [0.25, 0.3) is 0 Å². The lowest BCUT2D eigenvalue weighted by Crippen LogP contribution is -2.47. The van der Waals surface area contributed by atoms with E-state index in [0.717, 1.165) is 62.3 Å². The van der Waals surface area contributed by atoms with Crippen LogP contribution in [0.25, 0.3) is 0 Å². The van der Waals surface area contributed by atoms with E-state index in [1.54, 1.807) is 12.1 Å². The van der Waals surface area contributed by atoms with Crippen LogP contribution in [0.1, 0.15) is 24.4 Å². The van der Waals surface area contributed by atoms with E-state index in [4.69, 9.17) is 4.74 Å². The molecule has 1 aromatic rings. The van der Waals surface area contributed by atoms with Crippen molar-refractivity contribution in [2.24, 2.45) is 5.92 Å². The average molecular weight is 430 g/mol. The highest BCUT2D eigenvalue weighted by molar-refractivity contribution is 9.10. The number of ether oxygens (including phenoxy) is 1. The maximum atomic E-state index is 14.5. The number of nitrogens with zero attached hydrogens (tertiary/aromatic N) is 1. The number of hydrogen-bond acceptors (Lipinski definition) is 3. The zero-order valence-corrected chi connectivity index (χ0v) is 16.2. The van der Waals surface area contributed by atoms with Gasteiger partial charge in [-0.05, 0) is 30.9 Å². The van der Waals surface area contributed by atoms with Gasteiger partial charge in [-0.1, -0.05) is 22.0 Å². The number of piperazine rings is 1. The van der Waals surface area contributed by atoms with Gasteiger partial charge in [-0.25, -0.2) is 4.39 Å². The number of hydrogen-bond donors (Lipinski definition) is 1. The molecule has 0 amide bonds. The highest BCUT2D eigenvalue weighted by atomic mass is 79.9. The predicted octanol–water partition coefficient (Wildman–Crippen LogP) is 3.80. The molecule has 0 bridgehead atoms. The molecule has 0 aromatic heterocycles. The highest BCUT2D eigenvalue weighted by Gasteiger charge is 2.34. The summed E-state index contributed by atoms with van der Waals surface area (Å²) in [7, 11) is 0. The Morgan fingerprint density at radius 3 is 2.43 bits per heavy atom. The molecule has 0 spiro atoms. The van der Waals surface area contributed by atoms with Gasteiger partial charge in [0.15, 0.2) is 0 Å². The number of rotatable bonds is 3. The molecule has 1 aromatic carbocycles. The minimum Gasteiger partial charge on any atom is -0.381 e. The molecular weight excluding hydrogens is 406 g/mol. The van der Waals surface area contributed by atoms with E-state index in [0.29, 0.717) is 5.92 Å². The van der Waals surface area contributed by atoms with E-state index in [2.05, 4.69) is 26.1 Å². The Morgan fingerprint density at radius 1 is 1.17 bits per heavy atom. The summed E-state index contributed by atoms with van der Waals surface area (Å²) in [6.45, 7) is 5.49. The van der Waals surface area contributed by atoms with Gasteiger partial charge >= 0.3 is 0 Å². The van der Waals surface area contributed by atoms with Crippen LogP contribution >= 0.6 is 40.7 Å². The van der Waals surface area contributed by atoms with Gasteiger partial charge in [-0.3, -0.25) is 4.90 Å². The summed E-state index contributed by atoms with van der Waals surface area (Å²) in [4.78, 5) is 2.44. The fraction of sp³-hybridized carbons (Fsp3) is 0.625. The molecule has 3 nitrogen and oxygen atoms in total. The second-order valence-electron chi connectivity index (χ2n) is 5.82. The van der Waals surface area contributed by atoms with Crippen LogP contribution in [0.2, 0.25) is 0 Å². The summed E-state index contributed by atoms with van der Waals surface area (Å²) in [5.74, 6) is 0.365. The molecule has 2 aliphatic rings. The lowest BCUT2D eigenvalue weighted by atomic mass is 9.85. The van der Waals surface area contributed by atoms with Gasteiger partial charge in [0.1, 0.15) is 5.82 Å². The molecular formula is C16H24BrCl2FN2O. The molecule has 0 radical (unpaired) electrons.